The van der Waals surface area contributed by atoms with E-state index in [-0.39, 0.29) is 5.54 Å². The second-order valence-corrected chi connectivity index (χ2v) is 4.09. The first-order valence-electron chi connectivity index (χ1n) is 3.99. The third-order valence-corrected chi connectivity index (χ3v) is 3.00. The van der Waals surface area contributed by atoms with Crippen LogP contribution in [0.2, 0.25) is 0 Å². The summed E-state index contributed by atoms with van der Waals surface area (Å²) >= 11 is 1.74. The van der Waals surface area contributed by atoms with Crippen LogP contribution in [-0.2, 0) is 5.54 Å². The molecule has 62 valence electrons. The molecule has 11 heavy (non-hydrogen) atoms. The van der Waals surface area contributed by atoms with Gasteiger partial charge in [-0.1, -0.05) is 19.4 Å². The summed E-state index contributed by atoms with van der Waals surface area (Å²) in [4.78, 5) is 1.29. The molecular weight excluding hydrogens is 154 g/mol. The zero-order valence-corrected chi connectivity index (χ0v) is 7.95. The Morgan fingerprint density at radius 1 is 1.64 bits per heavy atom. The molecule has 2 heteroatoms. The molecule has 0 aliphatic carbocycles. The van der Waals surface area contributed by atoms with Crippen molar-refractivity contribution in [3.05, 3.63) is 22.4 Å². The van der Waals surface area contributed by atoms with Crippen molar-refractivity contribution < 1.29 is 0 Å². The molecule has 2 N–H and O–H groups in total. The fourth-order valence-electron chi connectivity index (χ4n) is 1.25. The van der Waals surface area contributed by atoms with Gasteiger partial charge in [0.05, 0.1) is 0 Å². The maximum atomic E-state index is 6.10. The highest BCUT2D eigenvalue weighted by Crippen LogP contribution is 2.26. The molecule has 0 radical (unpaired) electrons. The van der Waals surface area contributed by atoms with Crippen molar-refractivity contribution in [3.63, 3.8) is 0 Å². The van der Waals surface area contributed by atoms with Crippen LogP contribution in [0.1, 0.15) is 31.6 Å². The maximum Gasteiger partial charge on any atom is 0.0475 e. The van der Waals surface area contributed by atoms with Gasteiger partial charge in [0, 0.05) is 10.4 Å². The summed E-state index contributed by atoms with van der Waals surface area (Å²) in [7, 11) is 0. The minimum atomic E-state index is -0.108. The van der Waals surface area contributed by atoms with Crippen molar-refractivity contribution in [1.29, 1.82) is 0 Å². The molecular formula is C9H15NS. The molecule has 0 amide bonds. The SMILES string of the molecule is CCC[C@@](C)(N)c1cccs1. The Labute approximate surface area is 72.2 Å². The summed E-state index contributed by atoms with van der Waals surface area (Å²) in [5.74, 6) is 0. The number of rotatable bonds is 3. The van der Waals surface area contributed by atoms with Gasteiger partial charge < -0.3 is 5.73 Å². The van der Waals surface area contributed by atoms with Crippen LogP contribution < -0.4 is 5.73 Å². The second kappa shape index (κ2) is 3.37. The van der Waals surface area contributed by atoms with E-state index in [0.29, 0.717) is 0 Å². The Bertz CT molecular complexity index is 201. The largest absolute Gasteiger partial charge is 0.321 e. The Morgan fingerprint density at radius 3 is 2.82 bits per heavy atom. The monoisotopic (exact) mass is 169 g/mol. The van der Waals surface area contributed by atoms with Crippen molar-refractivity contribution in [3.8, 4) is 0 Å². The molecule has 0 aliphatic rings. The van der Waals surface area contributed by atoms with Crippen molar-refractivity contribution in [2.24, 2.45) is 5.73 Å². The molecule has 1 rings (SSSR count). The average Bonchev–Trinajstić information content (AvgIpc) is 2.37. The molecule has 0 bridgehead atoms. The Hall–Kier alpha value is -0.340. The smallest absolute Gasteiger partial charge is 0.0475 e. The van der Waals surface area contributed by atoms with Gasteiger partial charge in [0.15, 0.2) is 0 Å². The van der Waals surface area contributed by atoms with Gasteiger partial charge in [0.25, 0.3) is 0 Å². The Kier molecular flexibility index (Phi) is 2.68. The van der Waals surface area contributed by atoms with Gasteiger partial charge in [0.2, 0.25) is 0 Å². The van der Waals surface area contributed by atoms with Gasteiger partial charge >= 0.3 is 0 Å². The first-order valence-corrected chi connectivity index (χ1v) is 4.87. The van der Waals surface area contributed by atoms with Gasteiger partial charge in [-0.15, -0.1) is 11.3 Å². The van der Waals surface area contributed by atoms with E-state index >= 15 is 0 Å². The molecule has 1 aromatic heterocycles. The molecule has 0 fully saturated rings. The minimum absolute atomic E-state index is 0.108. The van der Waals surface area contributed by atoms with Crippen molar-refractivity contribution in [1.82, 2.24) is 0 Å². The highest BCUT2D eigenvalue weighted by molar-refractivity contribution is 7.10. The molecule has 1 heterocycles. The van der Waals surface area contributed by atoms with Crippen LogP contribution in [-0.4, -0.2) is 0 Å². The van der Waals surface area contributed by atoms with Crippen LogP contribution in [0.4, 0.5) is 0 Å². The summed E-state index contributed by atoms with van der Waals surface area (Å²) in [6.07, 6.45) is 2.21. The summed E-state index contributed by atoms with van der Waals surface area (Å²) in [5, 5.41) is 2.08. The molecule has 0 aromatic carbocycles. The van der Waals surface area contributed by atoms with E-state index in [9.17, 15) is 0 Å². The van der Waals surface area contributed by atoms with E-state index < -0.39 is 0 Å². The Morgan fingerprint density at radius 2 is 2.36 bits per heavy atom. The van der Waals surface area contributed by atoms with Gasteiger partial charge in [-0.05, 0) is 24.8 Å². The van der Waals surface area contributed by atoms with Crippen LogP contribution >= 0.6 is 11.3 Å². The first kappa shape index (κ1) is 8.75. The molecule has 0 unspecified atom stereocenters. The molecule has 0 spiro atoms. The van der Waals surface area contributed by atoms with Gasteiger partial charge in [-0.25, -0.2) is 0 Å². The number of nitrogens with two attached hydrogens (primary N) is 1. The lowest BCUT2D eigenvalue weighted by Crippen LogP contribution is -2.31. The zero-order chi connectivity index (χ0) is 8.32. The van der Waals surface area contributed by atoms with Crippen LogP contribution in [0.5, 0.6) is 0 Å². The first-order chi connectivity index (χ1) is 5.17. The van der Waals surface area contributed by atoms with Gasteiger partial charge in [-0.2, -0.15) is 0 Å². The molecule has 0 saturated carbocycles. The van der Waals surface area contributed by atoms with E-state index in [1.54, 1.807) is 11.3 Å². The lowest BCUT2D eigenvalue weighted by molar-refractivity contribution is 0.455. The van der Waals surface area contributed by atoms with E-state index in [0.717, 1.165) is 12.8 Å². The molecule has 1 aromatic rings. The fraction of sp³-hybridized carbons (Fsp3) is 0.556. The average molecular weight is 169 g/mol. The van der Waals surface area contributed by atoms with E-state index in [1.807, 2.05) is 0 Å². The van der Waals surface area contributed by atoms with Crippen LogP contribution in [0, 0.1) is 0 Å². The summed E-state index contributed by atoms with van der Waals surface area (Å²) in [6, 6.07) is 4.17. The number of hydrogen-bond donors (Lipinski definition) is 1. The van der Waals surface area contributed by atoms with E-state index in [4.69, 9.17) is 5.73 Å². The predicted molar refractivity (Wildman–Crippen MR) is 50.8 cm³/mol. The van der Waals surface area contributed by atoms with E-state index in [2.05, 4.69) is 31.4 Å². The summed E-state index contributed by atoms with van der Waals surface area (Å²) < 4.78 is 0. The van der Waals surface area contributed by atoms with Gasteiger partial charge in [-0.3, -0.25) is 0 Å². The number of thiophene rings is 1. The fourth-order valence-corrected chi connectivity index (χ4v) is 2.08. The summed E-state index contributed by atoms with van der Waals surface area (Å²) in [5.41, 5.74) is 6.00. The number of hydrogen-bond acceptors (Lipinski definition) is 2. The Balaban J connectivity index is 2.73. The highest BCUT2D eigenvalue weighted by Gasteiger charge is 2.20. The third-order valence-electron chi connectivity index (χ3n) is 1.85. The second-order valence-electron chi connectivity index (χ2n) is 3.14. The predicted octanol–water partition coefficient (Wildman–Crippen LogP) is 2.72. The van der Waals surface area contributed by atoms with Crippen molar-refractivity contribution >= 4 is 11.3 Å². The van der Waals surface area contributed by atoms with Crippen molar-refractivity contribution in [2.45, 2.75) is 32.2 Å². The van der Waals surface area contributed by atoms with E-state index in [1.165, 1.54) is 4.88 Å². The van der Waals surface area contributed by atoms with Crippen molar-refractivity contribution in [2.75, 3.05) is 0 Å². The molecule has 1 nitrogen and oxygen atoms in total. The normalized spacial score (nSPS) is 16.3. The zero-order valence-electron chi connectivity index (χ0n) is 7.13. The lowest BCUT2D eigenvalue weighted by atomic mass is 9.96. The maximum absolute atomic E-state index is 6.10. The third kappa shape index (κ3) is 2.04. The quantitative estimate of drug-likeness (QED) is 0.739. The lowest BCUT2D eigenvalue weighted by Gasteiger charge is -2.22. The molecule has 0 saturated heterocycles. The molecule has 1 atom stereocenters. The highest BCUT2D eigenvalue weighted by atomic mass is 32.1. The molecule has 0 aliphatic heterocycles. The van der Waals surface area contributed by atoms with Gasteiger partial charge in [0.1, 0.15) is 0 Å². The van der Waals surface area contributed by atoms with Crippen LogP contribution in [0.3, 0.4) is 0 Å². The summed E-state index contributed by atoms with van der Waals surface area (Å²) in [6.45, 7) is 4.26. The minimum Gasteiger partial charge on any atom is -0.321 e. The standard InChI is InChI=1S/C9H15NS/c1-3-6-9(2,10)8-5-4-7-11-8/h4-5,7H,3,6,10H2,1-2H3/t9-/m1/s1. The van der Waals surface area contributed by atoms with Crippen LogP contribution in [0.25, 0.3) is 0 Å². The van der Waals surface area contributed by atoms with Crippen LogP contribution in [0.15, 0.2) is 17.5 Å². The topological polar surface area (TPSA) is 26.0 Å².